The summed E-state index contributed by atoms with van der Waals surface area (Å²) < 4.78 is 5.95. The first-order valence-corrected chi connectivity index (χ1v) is 7.96. The second-order valence-electron chi connectivity index (χ2n) is 4.04. The van der Waals surface area contributed by atoms with Crippen LogP contribution in [0.5, 0.6) is 0 Å². The fourth-order valence-corrected chi connectivity index (χ4v) is 3.95. The highest BCUT2D eigenvalue weighted by Gasteiger charge is 2.21. The molecule has 1 aromatic carbocycles. The highest BCUT2D eigenvalue weighted by molar-refractivity contribution is 8.00. The molecule has 5 heteroatoms. The minimum absolute atomic E-state index is 0.715. The van der Waals surface area contributed by atoms with Gasteiger partial charge < -0.3 is 4.52 Å². The average molecular weight is 298 g/mol. The molecule has 0 N–H and O–H groups in total. The predicted molar refractivity (Wildman–Crippen MR) is 81.7 cm³/mol. The molecule has 20 heavy (non-hydrogen) atoms. The fourth-order valence-electron chi connectivity index (χ4n) is 2.05. The minimum atomic E-state index is 0.715. The predicted octanol–water partition coefficient (Wildman–Crippen LogP) is 4.66. The summed E-state index contributed by atoms with van der Waals surface area (Å²) in [5.74, 6) is 0. The number of nitriles is 1. The monoisotopic (exact) mass is 298 g/mol. The Labute approximate surface area is 124 Å². The van der Waals surface area contributed by atoms with Gasteiger partial charge in [0.05, 0.1) is 14.6 Å². The molecule has 0 bridgehead atoms. The van der Waals surface area contributed by atoms with Crippen LogP contribution in [-0.2, 0) is 0 Å². The van der Waals surface area contributed by atoms with E-state index in [2.05, 4.69) is 11.2 Å². The van der Waals surface area contributed by atoms with Crippen LogP contribution in [0.2, 0.25) is 0 Å². The molecule has 0 aliphatic heterocycles. The molecule has 3 rings (SSSR count). The van der Waals surface area contributed by atoms with Crippen molar-refractivity contribution in [2.45, 2.75) is 4.21 Å². The van der Waals surface area contributed by atoms with Crippen LogP contribution in [-0.4, -0.2) is 11.4 Å². The summed E-state index contributed by atoms with van der Waals surface area (Å²) in [7, 11) is 0. The van der Waals surface area contributed by atoms with Crippen LogP contribution in [0.4, 0.5) is 0 Å². The van der Waals surface area contributed by atoms with Gasteiger partial charge in [-0.25, -0.2) is 0 Å². The van der Waals surface area contributed by atoms with Crippen LogP contribution in [0, 0.1) is 11.3 Å². The van der Waals surface area contributed by atoms with Gasteiger partial charge in [0.1, 0.15) is 18.0 Å². The van der Waals surface area contributed by atoms with Crippen molar-refractivity contribution >= 4 is 23.1 Å². The van der Waals surface area contributed by atoms with Crippen LogP contribution in [0.1, 0.15) is 5.56 Å². The van der Waals surface area contributed by atoms with Crippen molar-refractivity contribution in [1.29, 1.82) is 5.26 Å². The molecule has 0 aliphatic rings. The maximum atomic E-state index is 9.50. The molecule has 2 heterocycles. The first-order chi connectivity index (χ1) is 9.85. The number of hydrogen-bond donors (Lipinski definition) is 0. The third kappa shape index (κ3) is 2.13. The Hall–Kier alpha value is -2.03. The first-order valence-electron chi connectivity index (χ1n) is 5.92. The summed E-state index contributed by atoms with van der Waals surface area (Å²) in [6.07, 6.45) is 3.53. The standard InChI is InChI=1S/C15H10N2OS2/c1-19-15-11(9-16)13(10-5-3-2-4-6-10)14(20-15)12-7-8-18-17-12/h2-8H,1H3. The van der Waals surface area contributed by atoms with Gasteiger partial charge in [0, 0.05) is 11.6 Å². The van der Waals surface area contributed by atoms with Gasteiger partial charge in [-0.15, -0.1) is 23.1 Å². The van der Waals surface area contributed by atoms with E-state index in [-0.39, 0.29) is 0 Å². The topological polar surface area (TPSA) is 49.8 Å². The normalized spacial score (nSPS) is 10.4. The molecule has 3 nitrogen and oxygen atoms in total. The summed E-state index contributed by atoms with van der Waals surface area (Å²) in [6.45, 7) is 0. The van der Waals surface area contributed by atoms with Crippen LogP contribution >= 0.6 is 23.1 Å². The Bertz CT molecular complexity index is 755. The van der Waals surface area contributed by atoms with Crippen molar-refractivity contribution in [1.82, 2.24) is 5.16 Å². The van der Waals surface area contributed by atoms with Crippen LogP contribution in [0.15, 0.2) is 51.4 Å². The van der Waals surface area contributed by atoms with E-state index in [1.54, 1.807) is 29.4 Å². The zero-order valence-electron chi connectivity index (χ0n) is 10.7. The molecule has 0 spiro atoms. The van der Waals surface area contributed by atoms with Gasteiger partial charge in [0.15, 0.2) is 0 Å². The lowest BCUT2D eigenvalue weighted by molar-refractivity contribution is 0.422. The zero-order valence-corrected chi connectivity index (χ0v) is 12.3. The van der Waals surface area contributed by atoms with Gasteiger partial charge in [-0.2, -0.15) is 5.26 Å². The van der Waals surface area contributed by atoms with Gasteiger partial charge >= 0.3 is 0 Å². The maximum Gasteiger partial charge on any atom is 0.124 e. The van der Waals surface area contributed by atoms with E-state index < -0.39 is 0 Å². The van der Waals surface area contributed by atoms with E-state index in [1.165, 1.54) is 0 Å². The van der Waals surface area contributed by atoms with Crippen LogP contribution in [0.25, 0.3) is 21.7 Å². The van der Waals surface area contributed by atoms with Crippen molar-refractivity contribution in [2.24, 2.45) is 0 Å². The Morgan fingerprint density at radius 2 is 2.05 bits per heavy atom. The van der Waals surface area contributed by atoms with Crippen molar-refractivity contribution in [3.05, 3.63) is 48.2 Å². The molecule has 0 saturated carbocycles. The second-order valence-corrected chi connectivity index (χ2v) is 6.13. The summed E-state index contributed by atoms with van der Waals surface area (Å²) in [6, 6.07) is 14.1. The van der Waals surface area contributed by atoms with Gasteiger partial charge in [-0.1, -0.05) is 35.5 Å². The van der Waals surface area contributed by atoms with Gasteiger partial charge in [-0.3, -0.25) is 0 Å². The first kappa shape index (κ1) is 13.0. The molecule has 0 amide bonds. The lowest BCUT2D eigenvalue weighted by Crippen LogP contribution is -1.83. The third-order valence-corrected chi connectivity index (χ3v) is 5.24. The van der Waals surface area contributed by atoms with Gasteiger partial charge in [0.2, 0.25) is 0 Å². The van der Waals surface area contributed by atoms with Crippen LogP contribution < -0.4 is 0 Å². The van der Waals surface area contributed by atoms with E-state index >= 15 is 0 Å². The average Bonchev–Trinajstić information content (AvgIpc) is 3.14. The van der Waals surface area contributed by atoms with E-state index in [0.717, 1.165) is 25.9 Å². The third-order valence-electron chi connectivity index (χ3n) is 2.91. The SMILES string of the molecule is CSc1sc(-c2ccon2)c(-c2ccccc2)c1C#N. The van der Waals surface area contributed by atoms with Crippen molar-refractivity contribution in [3.8, 4) is 27.8 Å². The quantitative estimate of drug-likeness (QED) is 0.660. The number of thiophene rings is 1. The van der Waals surface area contributed by atoms with Gasteiger partial charge in [0.25, 0.3) is 0 Å². The number of nitrogens with zero attached hydrogens (tertiary/aromatic N) is 2. The number of hydrogen-bond acceptors (Lipinski definition) is 5. The van der Waals surface area contributed by atoms with E-state index in [9.17, 15) is 5.26 Å². The lowest BCUT2D eigenvalue weighted by atomic mass is 10.0. The zero-order chi connectivity index (χ0) is 13.9. The molecule has 0 unspecified atom stereocenters. The molecule has 0 saturated heterocycles. The highest BCUT2D eigenvalue weighted by Crippen LogP contribution is 2.45. The van der Waals surface area contributed by atoms with Gasteiger partial charge in [-0.05, 0) is 11.8 Å². The van der Waals surface area contributed by atoms with Crippen LogP contribution in [0.3, 0.4) is 0 Å². The van der Waals surface area contributed by atoms with Crippen molar-refractivity contribution < 1.29 is 4.52 Å². The Morgan fingerprint density at radius 3 is 2.65 bits per heavy atom. The molecule has 0 fully saturated rings. The summed E-state index contributed by atoms with van der Waals surface area (Å²) in [5, 5.41) is 13.5. The molecule has 2 aromatic heterocycles. The summed E-state index contributed by atoms with van der Waals surface area (Å²) >= 11 is 3.17. The summed E-state index contributed by atoms with van der Waals surface area (Å²) in [4.78, 5) is 0.978. The largest absolute Gasteiger partial charge is 0.364 e. The molecular weight excluding hydrogens is 288 g/mol. The highest BCUT2D eigenvalue weighted by atomic mass is 32.2. The van der Waals surface area contributed by atoms with E-state index in [0.29, 0.717) is 5.56 Å². The Kier molecular flexibility index (Phi) is 3.59. The molecule has 0 radical (unpaired) electrons. The minimum Gasteiger partial charge on any atom is -0.364 e. The van der Waals surface area contributed by atoms with Crippen molar-refractivity contribution in [2.75, 3.05) is 6.26 Å². The number of aromatic nitrogens is 1. The summed E-state index contributed by atoms with van der Waals surface area (Å²) in [5.41, 5.74) is 3.45. The number of thioether (sulfide) groups is 1. The molecular formula is C15H10N2OS2. The fraction of sp³-hybridized carbons (Fsp3) is 0.0667. The number of benzene rings is 1. The molecule has 98 valence electrons. The number of rotatable bonds is 3. The maximum absolute atomic E-state index is 9.50. The second kappa shape index (κ2) is 5.53. The molecule has 0 atom stereocenters. The lowest BCUT2D eigenvalue weighted by Gasteiger charge is -2.02. The van der Waals surface area contributed by atoms with E-state index in [1.807, 2.05) is 42.7 Å². The molecule has 3 aromatic rings. The Balaban J connectivity index is 2.31. The van der Waals surface area contributed by atoms with Crippen molar-refractivity contribution in [3.63, 3.8) is 0 Å². The Morgan fingerprint density at radius 1 is 1.25 bits per heavy atom. The smallest absolute Gasteiger partial charge is 0.124 e. The molecule has 0 aliphatic carbocycles. The van der Waals surface area contributed by atoms with E-state index in [4.69, 9.17) is 4.52 Å².